The van der Waals surface area contributed by atoms with E-state index in [1.807, 2.05) is 78.8 Å². The van der Waals surface area contributed by atoms with Crippen LogP contribution in [-0.4, -0.2) is 75.8 Å². The minimum absolute atomic E-state index is 0.0103. The summed E-state index contributed by atoms with van der Waals surface area (Å²) >= 11 is 0. The number of anilines is 1. The van der Waals surface area contributed by atoms with Gasteiger partial charge in [-0.25, -0.2) is 0 Å². The Morgan fingerprint density at radius 3 is 2.26 bits per heavy atom. The zero-order chi connectivity index (χ0) is 38.3. The largest absolute Gasteiger partial charge is 0.508 e. The van der Waals surface area contributed by atoms with Gasteiger partial charge in [0.25, 0.3) is 11.8 Å². The van der Waals surface area contributed by atoms with Crippen molar-refractivity contribution in [3.63, 3.8) is 0 Å². The highest BCUT2D eigenvalue weighted by molar-refractivity contribution is 6.08. The van der Waals surface area contributed by atoms with E-state index in [1.54, 1.807) is 36.2 Å². The summed E-state index contributed by atoms with van der Waals surface area (Å²) in [5.74, 6) is -0.0518. The number of hydrogen-bond acceptors (Lipinski definition) is 5. The number of fused-ring (bicyclic) bond motifs is 2. The van der Waals surface area contributed by atoms with E-state index in [0.717, 1.165) is 52.2 Å². The van der Waals surface area contributed by atoms with Gasteiger partial charge in [-0.05, 0) is 117 Å². The van der Waals surface area contributed by atoms with Crippen molar-refractivity contribution >= 4 is 23.4 Å². The van der Waals surface area contributed by atoms with Gasteiger partial charge in [0.05, 0.1) is 12.0 Å². The quantitative estimate of drug-likeness (QED) is 0.191. The molecule has 4 aromatic carbocycles. The summed E-state index contributed by atoms with van der Waals surface area (Å²) in [6.07, 6.45) is 1.75. The maximum atomic E-state index is 14.9. The molecule has 0 aliphatic carbocycles. The summed E-state index contributed by atoms with van der Waals surface area (Å²) in [6.45, 7) is 6.36. The van der Waals surface area contributed by atoms with Crippen molar-refractivity contribution in [1.29, 1.82) is 0 Å². The Morgan fingerprint density at radius 1 is 0.796 bits per heavy atom. The van der Waals surface area contributed by atoms with Gasteiger partial charge in [0.2, 0.25) is 5.91 Å². The molecule has 0 saturated carbocycles. The number of phenols is 1. The van der Waals surface area contributed by atoms with Gasteiger partial charge >= 0.3 is 0 Å². The fourth-order valence-electron chi connectivity index (χ4n) is 7.95. The third-order valence-corrected chi connectivity index (χ3v) is 11.1. The first-order chi connectivity index (χ1) is 25.9. The van der Waals surface area contributed by atoms with Gasteiger partial charge in [-0.2, -0.15) is 0 Å². The molecule has 0 bridgehead atoms. The smallest absolute Gasteiger partial charge is 0.259 e. The third kappa shape index (κ3) is 7.28. The zero-order valence-corrected chi connectivity index (χ0v) is 32.1. The van der Waals surface area contributed by atoms with Gasteiger partial charge in [-0.15, -0.1) is 0 Å². The predicted molar refractivity (Wildman–Crippen MR) is 213 cm³/mol. The van der Waals surface area contributed by atoms with Crippen molar-refractivity contribution in [3.05, 3.63) is 141 Å². The first-order valence-electron chi connectivity index (χ1n) is 18.7. The monoisotopic (exact) mass is 723 g/mol. The molecule has 0 spiro atoms. The molecule has 54 heavy (non-hydrogen) atoms. The Hall–Kier alpha value is -5.67. The summed E-state index contributed by atoms with van der Waals surface area (Å²) in [6, 6.07) is 29.1. The van der Waals surface area contributed by atoms with Crippen molar-refractivity contribution in [3.8, 4) is 17.0 Å². The second-order valence-electron chi connectivity index (χ2n) is 15.2. The zero-order valence-electron chi connectivity index (χ0n) is 32.1. The van der Waals surface area contributed by atoms with Crippen LogP contribution >= 0.6 is 0 Å². The standard InChI is InChI=1S/C45H49N5O4/c1-29-20-33-12-7-8-13-35(33)28-50(29)45(54)41-24-36-27-49(43(52)22-31-10-9-11-32(21-31)26-46(3)4)19-18-34(36)23-40(41)42-25-39(30(2)47(42)5)44(53)48(6)37-14-16-38(51)17-15-37/h7-17,21,23-25,29,51H,18-20,22,26-28H2,1-6H3/t29-/m1/s1. The lowest BCUT2D eigenvalue weighted by atomic mass is 9.89. The van der Waals surface area contributed by atoms with Crippen LogP contribution in [-0.2, 0) is 50.7 Å². The normalized spacial score (nSPS) is 15.2. The molecule has 2 aliphatic rings. The van der Waals surface area contributed by atoms with E-state index in [0.29, 0.717) is 49.3 Å². The number of rotatable bonds is 8. The lowest BCUT2D eigenvalue weighted by Crippen LogP contribution is -2.43. The summed E-state index contributed by atoms with van der Waals surface area (Å²) in [7, 11) is 7.73. The van der Waals surface area contributed by atoms with Crippen LogP contribution in [0.25, 0.3) is 11.3 Å². The Kier molecular flexibility index (Phi) is 10.2. The van der Waals surface area contributed by atoms with E-state index in [9.17, 15) is 19.5 Å². The van der Waals surface area contributed by atoms with Gasteiger partial charge in [0.1, 0.15) is 5.75 Å². The van der Waals surface area contributed by atoms with Gasteiger partial charge < -0.3 is 29.3 Å². The fourth-order valence-corrected chi connectivity index (χ4v) is 7.95. The molecule has 1 aromatic heterocycles. The molecule has 7 rings (SSSR count). The third-order valence-electron chi connectivity index (χ3n) is 11.1. The molecular formula is C45H49N5O4. The molecule has 0 fully saturated rings. The van der Waals surface area contributed by atoms with Crippen LogP contribution in [0.3, 0.4) is 0 Å². The van der Waals surface area contributed by atoms with E-state index in [2.05, 4.69) is 42.2 Å². The maximum absolute atomic E-state index is 14.9. The number of phenolic OH excluding ortho intramolecular Hbond substituents is 1. The lowest BCUT2D eigenvalue weighted by Gasteiger charge is -2.36. The van der Waals surface area contributed by atoms with Crippen LogP contribution in [0.4, 0.5) is 5.69 Å². The van der Waals surface area contributed by atoms with Gasteiger partial charge in [-0.1, -0.05) is 48.5 Å². The molecule has 278 valence electrons. The molecule has 1 atom stereocenters. The molecule has 3 heterocycles. The number of benzene rings is 4. The Morgan fingerprint density at radius 2 is 1.52 bits per heavy atom. The molecular weight excluding hydrogens is 675 g/mol. The summed E-state index contributed by atoms with van der Waals surface area (Å²) in [5, 5.41) is 9.79. The Labute approximate surface area is 318 Å². The molecule has 2 aliphatic heterocycles. The number of carbonyl (C=O) groups excluding carboxylic acids is 3. The average molecular weight is 724 g/mol. The van der Waals surface area contributed by atoms with E-state index in [-0.39, 0.29) is 29.5 Å². The first kappa shape index (κ1) is 36.7. The minimum Gasteiger partial charge on any atom is -0.508 e. The van der Waals surface area contributed by atoms with Crippen LogP contribution in [0, 0.1) is 6.92 Å². The summed E-state index contributed by atoms with van der Waals surface area (Å²) < 4.78 is 1.99. The second-order valence-corrected chi connectivity index (χ2v) is 15.2. The molecule has 9 nitrogen and oxygen atoms in total. The summed E-state index contributed by atoms with van der Waals surface area (Å²) in [4.78, 5) is 50.1. The molecule has 0 unspecified atom stereocenters. The van der Waals surface area contributed by atoms with E-state index in [1.165, 1.54) is 11.1 Å². The van der Waals surface area contributed by atoms with Crippen molar-refractivity contribution < 1.29 is 19.5 Å². The molecule has 1 N–H and O–H groups in total. The van der Waals surface area contributed by atoms with Crippen molar-refractivity contribution in [2.45, 2.75) is 58.8 Å². The van der Waals surface area contributed by atoms with Gasteiger partial charge in [-0.3, -0.25) is 14.4 Å². The van der Waals surface area contributed by atoms with Gasteiger partial charge in [0.15, 0.2) is 0 Å². The van der Waals surface area contributed by atoms with Gasteiger partial charge in [0, 0.05) is 74.5 Å². The molecule has 0 saturated heterocycles. The fraction of sp³-hybridized carbons (Fsp3) is 0.311. The SMILES string of the molecule is Cc1c(C(=O)N(C)c2ccc(O)cc2)cc(-c2cc3c(cc2C(=O)N2Cc4ccccc4C[C@H]2C)CN(C(=O)Cc2cccc(CN(C)C)c2)CC3)n1C. The Balaban J connectivity index is 1.24. The van der Waals surface area contributed by atoms with E-state index in [4.69, 9.17) is 0 Å². The van der Waals surface area contributed by atoms with Crippen LogP contribution in [0.1, 0.15) is 66.7 Å². The number of aromatic nitrogens is 1. The lowest BCUT2D eigenvalue weighted by molar-refractivity contribution is -0.131. The summed E-state index contributed by atoms with van der Waals surface area (Å²) in [5.41, 5.74) is 10.8. The second kappa shape index (κ2) is 15.0. The van der Waals surface area contributed by atoms with E-state index >= 15 is 0 Å². The molecule has 0 radical (unpaired) electrons. The molecule has 5 aromatic rings. The predicted octanol–water partition coefficient (Wildman–Crippen LogP) is 6.76. The van der Waals surface area contributed by atoms with Crippen LogP contribution in [0.15, 0.2) is 91.0 Å². The minimum atomic E-state index is -0.187. The average Bonchev–Trinajstić information content (AvgIpc) is 3.45. The number of amides is 3. The van der Waals surface area contributed by atoms with Crippen molar-refractivity contribution in [2.24, 2.45) is 7.05 Å². The first-order valence-corrected chi connectivity index (χ1v) is 18.7. The molecule has 9 heteroatoms. The highest BCUT2D eigenvalue weighted by Crippen LogP contribution is 2.36. The number of aromatic hydroxyl groups is 1. The maximum Gasteiger partial charge on any atom is 0.259 e. The Bertz CT molecular complexity index is 2240. The number of hydrogen-bond donors (Lipinski definition) is 1. The van der Waals surface area contributed by atoms with Crippen molar-refractivity contribution in [2.75, 3.05) is 32.6 Å². The van der Waals surface area contributed by atoms with Crippen LogP contribution in [0.2, 0.25) is 0 Å². The highest BCUT2D eigenvalue weighted by Gasteiger charge is 2.32. The van der Waals surface area contributed by atoms with Crippen LogP contribution in [0.5, 0.6) is 5.75 Å². The topological polar surface area (TPSA) is 89.3 Å². The molecule has 3 amide bonds. The number of nitrogens with zero attached hydrogens (tertiary/aromatic N) is 5. The highest BCUT2D eigenvalue weighted by atomic mass is 16.3. The number of carbonyl (C=O) groups is 3. The van der Waals surface area contributed by atoms with Crippen LogP contribution < -0.4 is 4.90 Å². The van der Waals surface area contributed by atoms with Crippen molar-refractivity contribution in [1.82, 2.24) is 19.3 Å². The van der Waals surface area contributed by atoms with E-state index < -0.39 is 0 Å².